The predicted octanol–water partition coefficient (Wildman–Crippen LogP) is 2.24. The number of nitrogens with one attached hydrogen (secondary N) is 2. The fraction of sp³-hybridized carbons (Fsp3) is 0.471. The van der Waals surface area contributed by atoms with Crippen LogP contribution in [-0.4, -0.2) is 34.8 Å². The summed E-state index contributed by atoms with van der Waals surface area (Å²) in [4.78, 5) is 37.8. The summed E-state index contributed by atoms with van der Waals surface area (Å²) in [5.74, 6) is -0.550. The third-order valence-electron chi connectivity index (χ3n) is 4.75. The number of benzene rings is 1. The number of imide groups is 1. The fourth-order valence-corrected chi connectivity index (χ4v) is 3.43. The summed E-state index contributed by atoms with van der Waals surface area (Å²) in [5.41, 5.74) is -0.0846. The Morgan fingerprint density at radius 2 is 2.08 bits per heavy atom. The molecule has 0 radical (unpaired) electrons. The first-order valence-electron chi connectivity index (χ1n) is 8.01. The Hall–Kier alpha value is -2.08. The monoisotopic (exact) mass is 349 g/mol. The second kappa shape index (κ2) is 6.09. The maximum atomic E-state index is 12.5. The van der Waals surface area contributed by atoms with E-state index in [0.29, 0.717) is 5.02 Å². The summed E-state index contributed by atoms with van der Waals surface area (Å²) < 4.78 is 0. The van der Waals surface area contributed by atoms with Crippen LogP contribution in [0.1, 0.15) is 38.3 Å². The first-order chi connectivity index (χ1) is 11.3. The Morgan fingerprint density at radius 3 is 2.71 bits per heavy atom. The molecule has 2 atom stereocenters. The smallest absolute Gasteiger partial charge is 0.325 e. The van der Waals surface area contributed by atoms with Crippen LogP contribution in [0.25, 0.3) is 0 Å². The van der Waals surface area contributed by atoms with E-state index in [1.807, 2.05) is 18.2 Å². The van der Waals surface area contributed by atoms with E-state index in [0.717, 1.165) is 23.3 Å². The van der Waals surface area contributed by atoms with Crippen molar-refractivity contribution in [2.24, 2.45) is 5.92 Å². The van der Waals surface area contributed by atoms with Crippen molar-refractivity contribution in [3.63, 3.8) is 0 Å². The highest BCUT2D eigenvalue weighted by Crippen LogP contribution is 2.42. The molecular weight excluding hydrogens is 330 g/mol. The van der Waals surface area contributed by atoms with Crippen LogP contribution in [0, 0.1) is 5.92 Å². The number of amides is 4. The number of carbonyl (C=O) groups is 3. The zero-order valence-corrected chi connectivity index (χ0v) is 14.4. The number of nitrogens with zero attached hydrogens (tertiary/aromatic N) is 1. The van der Waals surface area contributed by atoms with E-state index >= 15 is 0 Å². The molecule has 128 valence electrons. The van der Waals surface area contributed by atoms with Gasteiger partial charge in [0.05, 0.1) is 6.04 Å². The van der Waals surface area contributed by atoms with Gasteiger partial charge in [-0.3, -0.25) is 14.5 Å². The third-order valence-corrected chi connectivity index (χ3v) is 5.09. The van der Waals surface area contributed by atoms with E-state index in [9.17, 15) is 14.4 Å². The second-order valence-corrected chi connectivity index (χ2v) is 7.02. The third kappa shape index (κ3) is 2.98. The van der Waals surface area contributed by atoms with Crippen LogP contribution in [-0.2, 0) is 9.59 Å². The van der Waals surface area contributed by atoms with Crippen LogP contribution in [0.4, 0.5) is 4.79 Å². The van der Waals surface area contributed by atoms with E-state index in [1.54, 1.807) is 19.9 Å². The van der Waals surface area contributed by atoms with Crippen molar-refractivity contribution in [2.45, 2.75) is 38.3 Å². The predicted molar refractivity (Wildman–Crippen MR) is 89.4 cm³/mol. The first kappa shape index (κ1) is 16.8. The number of hydrogen-bond donors (Lipinski definition) is 2. The van der Waals surface area contributed by atoms with Gasteiger partial charge in [0.1, 0.15) is 12.1 Å². The average Bonchev–Trinajstić information content (AvgIpc) is 3.34. The molecule has 7 heteroatoms. The zero-order valence-electron chi connectivity index (χ0n) is 13.6. The molecule has 2 fully saturated rings. The molecule has 0 aromatic heterocycles. The number of rotatable bonds is 5. The summed E-state index contributed by atoms with van der Waals surface area (Å²) in [6.45, 7) is 3.25. The highest BCUT2D eigenvalue weighted by molar-refractivity contribution is 6.31. The molecule has 0 spiro atoms. The largest absolute Gasteiger partial charge is 0.348 e. The van der Waals surface area contributed by atoms with Gasteiger partial charge in [0.2, 0.25) is 5.91 Å². The second-order valence-electron chi connectivity index (χ2n) is 6.61. The van der Waals surface area contributed by atoms with Crippen LogP contribution in [0.3, 0.4) is 0 Å². The molecule has 1 aliphatic carbocycles. The van der Waals surface area contributed by atoms with Gasteiger partial charge in [-0.15, -0.1) is 0 Å². The number of carbonyl (C=O) groups excluding carboxylic acids is 3. The Morgan fingerprint density at radius 1 is 1.42 bits per heavy atom. The summed E-state index contributed by atoms with van der Waals surface area (Å²) in [7, 11) is 0. The van der Waals surface area contributed by atoms with Crippen molar-refractivity contribution in [1.29, 1.82) is 0 Å². The highest BCUT2D eigenvalue weighted by Gasteiger charge is 2.56. The summed E-state index contributed by atoms with van der Waals surface area (Å²) in [6, 6.07) is 6.40. The van der Waals surface area contributed by atoms with E-state index < -0.39 is 17.5 Å². The Labute approximate surface area is 145 Å². The van der Waals surface area contributed by atoms with Gasteiger partial charge in [-0.05, 0) is 44.2 Å². The van der Waals surface area contributed by atoms with Crippen molar-refractivity contribution >= 4 is 29.4 Å². The molecule has 4 amide bonds. The summed E-state index contributed by atoms with van der Waals surface area (Å²) in [6.07, 6.45) is 1.85. The molecule has 1 saturated heterocycles. The van der Waals surface area contributed by atoms with Crippen LogP contribution >= 0.6 is 11.6 Å². The molecule has 1 aliphatic heterocycles. The molecule has 2 unspecified atom stereocenters. The van der Waals surface area contributed by atoms with E-state index in [2.05, 4.69) is 10.6 Å². The van der Waals surface area contributed by atoms with Crippen LogP contribution in [0.5, 0.6) is 0 Å². The number of halogens is 1. The van der Waals surface area contributed by atoms with Crippen molar-refractivity contribution in [1.82, 2.24) is 15.5 Å². The minimum Gasteiger partial charge on any atom is -0.348 e. The molecule has 2 N–H and O–H groups in total. The minimum atomic E-state index is -0.869. The fourth-order valence-electron chi connectivity index (χ4n) is 3.13. The lowest BCUT2D eigenvalue weighted by Gasteiger charge is -2.21. The standard InChI is InChI=1S/C17H20ClN3O3/c1-10(12-5-3-4-6-13(12)18)19-14(22)9-21-15(23)17(2,11-7-8-11)20-16(21)24/h3-6,10-11H,7-9H2,1-2H3,(H,19,22)(H,20,24). The maximum absolute atomic E-state index is 12.5. The highest BCUT2D eigenvalue weighted by atomic mass is 35.5. The van der Waals surface area contributed by atoms with Crippen molar-refractivity contribution in [2.75, 3.05) is 6.54 Å². The SMILES string of the molecule is CC(NC(=O)CN1C(=O)NC(C)(C2CC2)C1=O)c1ccccc1Cl. The lowest BCUT2D eigenvalue weighted by molar-refractivity contribution is -0.135. The molecule has 6 nitrogen and oxygen atoms in total. The first-order valence-corrected chi connectivity index (χ1v) is 8.38. The average molecular weight is 350 g/mol. The van der Waals surface area contributed by atoms with Gasteiger partial charge in [0, 0.05) is 5.02 Å². The molecule has 1 aromatic carbocycles. The van der Waals surface area contributed by atoms with Crippen LogP contribution < -0.4 is 10.6 Å². The van der Waals surface area contributed by atoms with Crippen molar-refractivity contribution < 1.29 is 14.4 Å². The van der Waals surface area contributed by atoms with Gasteiger partial charge in [-0.25, -0.2) is 4.79 Å². The number of hydrogen-bond acceptors (Lipinski definition) is 3. The molecule has 2 aliphatic rings. The molecular formula is C17H20ClN3O3. The van der Waals surface area contributed by atoms with E-state index in [-0.39, 0.29) is 24.4 Å². The van der Waals surface area contributed by atoms with Crippen LogP contribution in [0.15, 0.2) is 24.3 Å². The zero-order chi connectivity index (χ0) is 17.5. The number of urea groups is 1. The molecule has 1 heterocycles. The maximum Gasteiger partial charge on any atom is 0.325 e. The Balaban J connectivity index is 1.64. The molecule has 1 saturated carbocycles. The van der Waals surface area contributed by atoms with Crippen molar-refractivity contribution in [3.8, 4) is 0 Å². The molecule has 1 aromatic rings. The van der Waals surface area contributed by atoms with Gasteiger partial charge in [-0.2, -0.15) is 0 Å². The van der Waals surface area contributed by atoms with Gasteiger partial charge in [0.25, 0.3) is 5.91 Å². The van der Waals surface area contributed by atoms with Gasteiger partial charge < -0.3 is 10.6 Å². The minimum absolute atomic E-state index is 0.170. The lowest BCUT2D eigenvalue weighted by Crippen LogP contribution is -2.47. The van der Waals surface area contributed by atoms with E-state index in [1.165, 1.54) is 0 Å². The lowest BCUT2D eigenvalue weighted by atomic mass is 9.96. The normalized spacial score (nSPS) is 24.7. The van der Waals surface area contributed by atoms with Crippen LogP contribution in [0.2, 0.25) is 5.02 Å². The Bertz CT molecular complexity index is 704. The molecule has 24 heavy (non-hydrogen) atoms. The Kier molecular flexibility index (Phi) is 4.25. The molecule has 0 bridgehead atoms. The summed E-state index contributed by atoms with van der Waals surface area (Å²) >= 11 is 6.12. The quantitative estimate of drug-likeness (QED) is 0.800. The van der Waals surface area contributed by atoms with Gasteiger partial charge in [-0.1, -0.05) is 29.8 Å². The summed E-state index contributed by atoms with van der Waals surface area (Å²) in [5, 5.41) is 6.06. The van der Waals surface area contributed by atoms with Gasteiger partial charge >= 0.3 is 6.03 Å². The topological polar surface area (TPSA) is 78.5 Å². The van der Waals surface area contributed by atoms with E-state index in [4.69, 9.17) is 11.6 Å². The van der Waals surface area contributed by atoms with Crippen molar-refractivity contribution in [3.05, 3.63) is 34.9 Å². The molecule has 3 rings (SSSR count). The van der Waals surface area contributed by atoms with Gasteiger partial charge in [0.15, 0.2) is 0 Å².